The molecule has 154 valence electrons. The first kappa shape index (κ1) is 21.1. The summed E-state index contributed by atoms with van der Waals surface area (Å²) in [6.45, 7) is 0.131. The van der Waals surface area contributed by atoms with Gasteiger partial charge in [0.2, 0.25) is 5.91 Å². The summed E-state index contributed by atoms with van der Waals surface area (Å²) in [7, 11) is 1.21. The van der Waals surface area contributed by atoms with Gasteiger partial charge in [-0.05, 0) is 23.6 Å². The van der Waals surface area contributed by atoms with Gasteiger partial charge in [0.25, 0.3) is 0 Å². The summed E-state index contributed by atoms with van der Waals surface area (Å²) in [6.07, 6.45) is 2.92. The van der Waals surface area contributed by atoms with Crippen LogP contribution in [0.25, 0.3) is 6.08 Å². The van der Waals surface area contributed by atoms with E-state index in [9.17, 15) is 19.6 Å². The third-order valence-electron chi connectivity index (χ3n) is 4.43. The first-order valence-electron chi connectivity index (χ1n) is 9.09. The van der Waals surface area contributed by atoms with Crippen LogP contribution in [-0.4, -0.2) is 43.1 Å². The van der Waals surface area contributed by atoms with Gasteiger partial charge >= 0.3 is 12.1 Å². The smallest absolute Gasteiger partial charge is 0.410 e. The predicted molar refractivity (Wildman–Crippen MR) is 111 cm³/mol. The summed E-state index contributed by atoms with van der Waals surface area (Å²) in [6, 6.07) is 11.5. The zero-order valence-electron chi connectivity index (χ0n) is 16.2. The van der Waals surface area contributed by atoms with Crippen molar-refractivity contribution in [3.8, 4) is 6.07 Å². The minimum Gasteiger partial charge on any atom is -0.466 e. The van der Waals surface area contributed by atoms with E-state index in [1.165, 1.54) is 29.4 Å². The maximum Gasteiger partial charge on any atom is 0.410 e. The molecule has 9 heteroatoms. The summed E-state index contributed by atoms with van der Waals surface area (Å²) in [5, 5.41) is 12.8. The lowest BCUT2D eigenvalue weighted by molar-refractivity contribution is -0.144. The van der Waals surface area contributed by atoms with Crippen LogP contribution in [-0.2, 0) is 32.0 Å². The van der Waals surface area contributed by atoms with Crippen molar-refractivity contribution in [2.24, 2.45) is 0 Å². The summed E-state index contributed by atoms with van der Waals surface area (Å²) < 4.78 is 9.37. The largest absolute Gasteiger partial charge is 0.466 e. The fraction of sp³-hybridized carbons (Fsp3) is 0.238. The number of thiophene rings is 1. The molecule has 30 heavy (non-hydrogen) atoms. The van der Waals surface area contributed by atoms with Gasteiger partial charge in [-0.25, -0.2) is 9.59 Å². The molecule has 0 radical (unpaired) electrons. The number of carbonyl (C=O) groups excluding carboxylic acids is 3. The summed E-state index contributed by atoms with van der Waals surface area (Å²) in [5.41, 5.74) is 2.13. The molecule has 0 spiro atoms. The molecule has 0 atom stereocenters. The number of nitrogens with zero attached hydrogens (tertiary/aromatic N) is 2. The normalized spacial score (nSPS) is 12.7. The zero-order chi connectivity index (χ0) is 21.5. The molecule has 0 saturated heterocycles. The molecule has 0 aliphatic carbocycles. The molecule has 8 nitrogen and oxygen atoms in total. The monoisotopic (exact) mass is 425 g/mol. The first-order chi connectivity index (χ1) is 14.5. The maximum atomic E-state index is 12.3. The van der Waals surface area contributed by atoms with E-state index in [1.807, 2.05) is 30.3 Å². The Balaban J connectivity index is 1.68. The highest BCUT2D eigenvalue weighted by atomic mass is 32.1. The van der Waals surface area contributed by atoms with Crippen molar-refractivity contribution in [3.05, 3.63) is 58.0 Å². The molecule has 0 fully saturated rings. The topological polar surface area (TPSA) is 109 Å². The Hall–Kier alpha value is -3.64. The molecule has 2 heterocycles. The van der Waals surface area contributed by atoms with Crippen LogP contribution in [0.5, 0.6) is 0 Å². The lowest BCUT2D eigenvalue weighted by atomic mass is 10.0. The number of amides is 2. The second-order valence-electron chi connectivity index (χ2n) is 6.36. The van der Waals surface area contributed by atoms with Crippen molar-refractivity contribution < 1.29 is 23.9 Å². The SMILES string of the molecule is COC(=O)COC(=O)N1CCc2c(sc(NC(=O)/C=C/c3ccccc3)c2C#N)C1. The average Bonchev–Trinajstić information content (AvgIpc) is 3.12. The van der Waals surface area contributed by atoms with Gasteiger partial charge < -0.3 is 19.7 Å². The number of nitriles is 1. The fourth-order valence-electron chi connectivity index (χ4n) is 2.93. The van der Waals surface area contributed by atoms with Crippen molar-refractivity contribution in [2.75, 3.05) is 25.6 Å². The van der Waals surface area contributed by atoms with Gasteiger partial charge in [0, 0.05) is 17.5 Å². The Morgan fingerprint density at radius 2 is 2.07 bits per heavy atom. The number of fused-ring (bicyclic) bond motifs is 1. The number of anilines is 1. The lowest BCUT2D eigenvalue weighted by Gasteiger charge is -2.25. The molecule has 0 saturated carbocycles. The second-order valence-corrected chi connectivity index (χ2v) is 7.46. The zero-order valence-corrected chi connectivity index (χ0v) is 17.0. The third kappa shape index (κ3) is 5.04. The molecule has 1 N–H and O–H groups in total. The van der Waals surface area contributed by atoms with E-state index in [-0.39, 0.29) is 12.5 Å². The van der Waals surface area contributed by atoms with Crippen molar-refractivity contribution in [2.45, 2.75) is 13.0 Å². The van der Waals surface area contributed by atoms with Gasteiger partial charge in [0.15, 0.2) is 6.61 Å². The molecule has 1 aromatic carbocycles. The van der Waals surface area contributed by atoms with Gasteiger partial charge in [-0.3, -0.25) is 4.79 Å². The van der Waals surface area contributed by atoms with E-state index < -0.39 is 18.7 Å². The van der Waals surface area contributed by atoms with E-state index in [2.05, 4.69) is 16.1 Å². The van der Waals surface area contributed by atoms with Crippen molar-refractivity contribution in [3.63, 3.8) is 0 Å². The number of hydrogen-bond acceptors (Lipinski definition) is 7. The van der Waals surface area contributed by atoms with Crippen molar-refractivity contribution in [1.29, 1.82) is 5.26 Å². The van der Waals surface area contributed by atoms with E-state index in [4.69, 9.17) is 4.74 Å². The number of nitrogens with one attached hydrogen (secondary N) is 1. The number of methoxy groups -OCH3 is 1. The Morgan fingerprint density at radius 1 is 1.30 bits per heavy atom. The summed E-state index contributed by atoms with van der Waals surface area (Å²) in [4.78, 5) is 37.8. The molecule has 2 amide bonds. The predicted octanol–water partition coefficient (Wildman–Crippen LogP) is 2.94. The van der Waals surface area contributed by atoms with Crippen molar-refractivity contribution >= 4 is 40.4 Å². The molecule has 1 aliphatic rings. The highest BCUT2D eigenvalue weighted by Gasteiger charge is 2.28. The van der Waals surface area contributed by atoms with Crippen LogP contribution in [0.3, 0.4) is 0 Å². The van der Waals surface area contributed by atoms with E-state index in [0.717, 1.165) is 16.0 Å². The Bertz CT molecular complexity index is 1020. The van der Waals surface area contributed by atoms with Gasteiger partial charge in [-0.15, -0.1) is 11.3 Å². The number of hydrogen-bond donors (Lipinski definition) is 1. The Kier molecular flexibility index (Phi) is 6.83. The molecule has 0 unspecified atom stereocenters. The molecular formula is C21H19N3O5S. The van der Waals surface area contributed by atoms with E-state index in [1.54, 1.807) is 6.08 Å². The van der Waals surface area contributed by atoms with Crippen LogP contribution in [0.15, 0.2) is 36.4 Å². The number of ether oxygens (including phenoxy) is 2. The van der Waals surface area contributed by atoms with Crippen LogP contribution in [0.4, 0.5) is 9.80 Å². The quantitative estimate of drug-likeness (QED) is 0.583. The van der Waals surface area contributed by atoms with Crippen LogP contribution >= 0.6 is 11.3 Å². The third-order valence-corrected chi connectivity index (χ3v) is 5.56. The Labute approximate surface area is 177 Å². The molecular weight excluding hydrogens is 406 g/mol. The van der Waals surface area contributed by atoms with Crippen molar-refractivity contribution in [1.82, 2.24) is 4.90 Å². The number of rotatable bonds is 5. The highest BCUT2D eigenvalue weighted by Crippen LogP contribution is 2.36. The number of benzene rings is 1. The van der Waals surface area contributed by atoms with Gasteiger partial charge in [-0.2, -0.15) is 5.26 Å². The standard InChI is InChI=1S/C21H19N3O5S/c1-28-19(26)13-29-21(27)24-10-9-15-16(11-22)20(30-17(15)12-24)23-18(25)8-7-14-5-3-2-4-6-14/h2-8H,9-10,12-13H2,1H3,(H,23,25)/b8-7+. The molecule has 2 aromatic rings. The lowest BCUT2D eigenvalue weighted by Crippen LogP contribution is -2.36. The number of esters is 1. The number of carbonyl (C=O) groups is 3. The minimum absolute atomic E-state index is 0.240. The minimum atomic E-state index is -0.641. The van der Waals surface area contributed by atoms with Gasteiger partial charge in [0.05, 0.1) is 19.2 Å². The molecule has 1 aromatic heterocycles. The second kappa shape index (κ2) is 9.71. The average molecular weight is 425 g/mol. The fourth-order valence-corrected chi connectivity index (χ4v) is 4.14. The van der Waals surface area contributed by atoms with E-state index in [0.29, 0.717) is 23.5 Å². The molecule has 3 rings (SSSR count). The van der Waals surface area contributed by atoms with Crippen LogP contribution < -0.4 is 5.32 Å². The summed E-state index contributed by atoms with van der Waals surface area (Å²) in [5.74, 6) is -0.985. The van der Waals surface area contributed by atoms with Crippen LogP contribution in [0, 0.1) is 11.3 Å². The van der Waals surface area contributed by atoms with Crippen LogP contribution in [0.1, 0.15) is 21.6 Å². The maximum absolute atomic E-state index is 12.3. The Morgan fingerprint density at radius 3 is 2.77 bits per heavy atom. The van der Waals surface area contributed by atoms with Gasteiger partial charge in [0.1, 0.15) is 11.1 Å². The van der Waals surface area contributed by atoms with E-state index >= 15 is 0 Å². The summed E-state index contributed by atoms with van der Waals surface area (Å²) >= 11 is 1.26. The molecule has 0 bridgehead atoms. The highest BCUT2D eigenvalue weighted by molar-refractivity contribution is 7.16. The van der Waals surface area contributed by atoms with Crippen LogP contribution in [0.2, 0.25) is 0 Å². The van der Waals surface area contributed by atoms with Gasteiger partial charge in [-0.1, -0.05) is 30.3 Å². The first-order valence-corrected chi connectivity index (χ1v) is 9.90. The molecule has 1 aliphatic heterocycles.